The lowest BCUT2D eigenvalue weighted by atomic mass is 10.0. The van der Waals surface area contributed by atoms with Gasteiger partial charge in [-0.05, 0) is 63.9 Å². The van der Waals surface area contributed by atoms with Crippen LogP contribution in [0, 0.1) is 0 Å². The van der Waals surface area contributed by atoms with Crippen LogP contribution in [0.2, 0.25) is 0 Å². The number of carbonyl (C=O) groups is 1. The van der Waals surface area contributed by atoms with Crippen LogP contribution < -0.4 is 10.1 Å². The van der Waals surface area contributed by atoms with Crippen molar-refractivity contribution in [1.82, 2.24) is 10.2 Å². The van der Waals surface area contributed by atoms with Crippen LogP contribution in [0.3, 0.4) is 0 Å². The lowest BCUT2D eigenvalue weighted by molar-refractivity contribution is -0.192. The summed E-state index contributed by atoms with van der Waals surface area (Å²) in [5.74, 6) is 0.529. The molecule has 29 heavy (non-hydrogen) atoms. The zero-order chi connectivity index (χ0) is 21.7. The van der Waals surface area contributed by atoms with E-state index in [4.69, 9.17) is 9.47 Å². The number of alkyl carbamates (subject to hydrolysis) is 1. The molecule has 0 radical (unpaired) electrons. The number of halogens is 4. The third kappa shape index (κ3) is 8.42. The summed E-state index contributed by atoms with van der Waals surface area (Å²) in [4.78, 5) is 13.1. The van der Waals surface area contributed by atoms with Gasteiger partial charge in [-0.15, -0.1) is 0 Å². The quantitative estimate of drug-likeness (QED) is 0.563. The minimum absolute atomic E-state index is 0.136. The van der Waals surface area contributed by atoms with Gasteiger partial charge >= 0.3 is 12.3 Å². The highest BCUT2D eigenvalue weighted by molar-refractivity contribution is 9.10. The third-order valence-corrected chi connectivity index (χ3v) is 4.81. The number of piperidine rings is 1. The summed E-state index contributed by atoms with van der Waals surface area (Å²) in [6, 6.07) is 3.88. The van der Waals surface area contributed by atoms with Gasteiger partial charge in [0.1, 0.15) is 24.0 Å². The fourth-order valence-corrected chi connectivity index (χ4v) is 3.74. The van der Waals surface area contributed by atoms with E-state index in [-0.39, 0.29) is 26.1 Å². The number of likely N-dealkylation sites (tertiary alicyclic amines) is 1. The van der Waals surface area contributed by atoms with E-state index in [9.17, 15) is 18.0 Å². The molecule has 2 rings (SSSR count). The summed E-state index contributed by atoms with van der Waals surface area (Å²) in [7, 11) is 0. The van der Waals surface area contributed by atoms with E-state index >= 15 is 0 Å². The molecule has 1 atom stereocenters. The summed E-state index contributed by atoms with van der Waals surface area (Å²) in [6.07, 6.45) is -3.26. The van der Waals surface area contributed by atoms with Crippen molar-refractivity contribution in [3.05, 3.63) is 28.2 Å². The molecular weight excluding hydrogens is 453 g/mol. The van der Waals surface area contributed by atoms with Gasteiger partial charge in [-0.25, -0.2) is 4.79 Å². The molecule has 0 saturated carbocycles. The molecule has 0 bridgehead atoms. The summed E-state index contributed by atoms with van der Waals surface area (Å²) in [6.45, 7) is 6.42. The van der Waals surface area contributed by atoms with Crippen molar-refractivity contribution < 1.29 is 27.4 Å². The van der Waals surface area contributed by atoms with Crippen LogP contribution in [0.4, 0.5) is 18.0 Å². The smallest absolute Gasteiger partial charge is 0.407 e. The maximum absolute atomic E-state index is 13.3. The molecule has 1 saturated heterocycles. The van der Waals surface area contributed by atoms with Crippen LogP contribution in [0.25, 0.3) is 0 Å². The Morgan fingerprint density at radius 1 is 1.24 bits per heavy atom. The van der Waals surface area contributed by atoms with E-state index in [1.54, 1.807) is 39.0 Å². The number of ether oxygens (including phenoxy) is 2. The topological polar surface area (TPSA) is 50.8 Å². The Bertz CT molecular complexity index is 693. The largest absolute Gasteiger partial charge is 0.492 e. The molecule has 1 aliphatic rings. The zero-order valence-electron chi connectivity index (χ0n) is 16.9. The number of hydrogen-bond donors (Lipinski definition) is 1. The molecule has 9 heteroatoms. The minimum atomic E-state index is -4.22. The Morgan fingerprint density at radius 3 is 2.62 bits per heavy atom. The molecule has 0 aromatic heterocycles. The molecule has 1 aromatic rings. The Kier molecular flexibility index (Phi) is 8.22. The van der Waals surface area contributed by atoms with E-state index in [1.165, 1.54) is 4.90 Å². The number of carbonyl (C=O) groups excluding carboxylic acids is 1. The SMILES string of the molecule is CC(C)(C)OC(=O)NCCOc1cc(Br)cc(CN2CCCCC2C(F)(F)F)c1. The van der Waals surface area contributed by atoms with Crippen molar-refractivity contribution >= 4 is 22.0 Å². The van der Waals surface area contributed by atoms with Gasteiger partial charge in [-0.1, -0.05) is 22.4 Å². The second kappa shape index (κ2) is 10.0. The fraction of sp³-hybridized carbons (Fsp3) is 0.650. The van der Waals surface area contributed by atoms with E-state index in [1.807, 2.05) is 0 Å². The number of hydrogen-bond acceptors (Lipinski definition) is 4. The Morgan fingerprint density at radius 2 is 1.97 bits per heavy atom. The summed E-state index contributed by atoms with van der Waals surface area (Å²) < 4.78 is 51.4. The van der Waals surface area contributed by atoms with Crippen molar-refractivity contribution in [3.8, 4) is 5.75 Å². The number of rotatable bonds is 6. The van der Waals surface area contributed by atoms with Crippen LogP contribution in [0.1, 0.15) is 45.6 Å². The molecule has 1 aromatic carbocycles. The van der Waals surface area contributed by atoms with Gasteiger partial charge in [0, 0.05) is 11.0 Å². The standard InChI is InChI=1S/C20H28BrF3N2O3/c1-19(2,3)29-18(27)25-7-9-28-16-11-14(10-15(21)12-16)13-26-8-5-4-6-17(26)20(22,23)24/h10-12,17H,4-9,13H2,1-3H3,(H,25,27). The number of amides is 1. The Balaban J connectivity index is 1.91. The second-order valence-electron chi connectivity index (χ2n) is 8.10. The van der Waals surface area contributed by atoms with Crippen LogP contribution in [0.5, 0.6) is 5.75 Å². The first-order valence-corrected chi connectivity index (χ1v) is 10.4. The number of nitrogens with zero attached hydrogens (tertiary/aromatic N) is 1. The first kappa shape index (κ1) is 23.8. The van der Waals surface area contributed by atoms with Crippen molar-refractivity contribution in [1.29, 1.82) is 0 Å². The first-order chi connectivity index (χ1) is 13.4. The van der Waals surface area contributed by atoms with Gasteiger partial charge in [-0.2, -0.15) is 13.2 Å². The molecule has 0 spiro atoms. The molecule has 0 aliphatic carbocycles. The summed E-state index contributed by atoms with van der Waals surface area (Å²) in [5, 5.41) is 2.60. The minimum Gasteiger partial charge on any atom is -0.492 e. The molecule has 1 N–H and O–H groups in total. The highest BCUT2D eigenvalue weighted by Gasteiger charge is 2.44. The van der Waals surface area contributed by atoms with Gasteiger partial charge in [0.25, 0.3) is 0 Å². The number of alkyl halides is 3. The number of nitrogens with one attached hydrogen (secondary N) is 1. The molecular formula is C20H28BrF3N2O3. The highest BCUT2D eigenvalue weighted by atomic mass is 79.9. The molecule has 1 unspecified atom stereocenters. The Hall–Kier alpha value is -1.48. The maximum Gasteiger partial charge on any atom is 0.407 e. The van der Waals surface area contributed by atoms with E-state index < -0.39 is 23.9 Å². The van der Waals surface area contributed by atoms with Crippen molar-refractivity contribution in [2.75, 3.05) is 19.7 Å². The maximum atomic E-state index is 13.3. The molecule has 1 heterocycles. The average Bonchev–Trinajstić information content (AvgIpc) is 2.56. The van der Waals surface area contributed by atoms with Gasteiger partial charge in [0.05, 0.1) is 6.54 Å². The zero-order valence-corrected chi connectivity index (χ0v) is 18.5. The summed E-state index contributed by atoms with van der Waals surface area (Å²) >= 11 is 3.39. The van der Waals surface area contributed by atoms with E-state index in [0.717, 1.165) is 16.5 Å². The lowest BCUT2D eigenvalue weighted by Crippen LogP contribution is -2.48. The predicted octanol–water partition coefficient (Wildman–Crippen LogP) is 5.27. The van der Waals surface area contributed by atoms with Gasteiger partial charge < -0.3 is 14.8 Å². The highest BCUT2D eigenvalue weighted by Crippen LogP contribution is 2.33. The van der Waals surface area contributed by atoms with E-state index in [2.05, 4.69) is 21.2 Å². The first-order valence-electron chi connectivity index (χ1n) is 9.64. The molecule has 1 aliphatic heterocycles. The van der Waals surface area contributed by atoms with Gasteiger partial charge in [-0.3, -0.25) is 4.90 Å². The predicted molar refractivity (Wildman–Crippen MR) is 108 cm³/mol. The molecule has 164 valence electrons. The van der Waals surface area contributed by atoms with Gasteiger partial charge in [0.2, 0.25) is 0 Å². The second-order valence-corrected chi connectivity index (χ2v) is 9.01. The monoisotopic (exact) mass is 480 g/mol. The normalized spacial score (nSPS) is 18.4. The van der Waals surface area contributed by atoms with Crippen molar-refractivity contribution in [2.24, 2.45) is 0 Å². The molecule has 1 fully saturated rings. The van der Waals surface area contributed by atoms with Crippen molar-refractivity contribution in [3.63, 3.8) is 0 Å². The number of benzene rings is 1. The average molecular weight is 481 g/mol. The third-order valence-electron chi connectivity index (χ3n) is 4.35. The summed E-state index contributed by atoms with van der Waals surface area (Å²) in [5.41, 5.74) is 0.165. The van der Waals surface area contributed by atoms with E-state index in [0.29, 0.717) is 18.7 Å². The van der Waals surface area contributed by atoms with Gasteiger partial charge in [0.15, 0.2) is 0 Å². The van der Waals surface area contributed by atoms with Crippen LogP contribution >= 0.6 is 15.9 Å². The Labute approximate surface area is 178 Å². The lowest BCUT2D eigenvalue weighted by Gasteiger charge is -2.36. The van der Waals surface area contributed by atoms with Crippen LogP contribution in [0.15, 0.2) is 22.7 Å². The fourth-order valence-electron chi connectivity index (χ4n) is 3.22. The molecule has 1 amide bonds. The molecule has 5 nitrogen and oxygen atoms in total. The van der Waals surface area contributed by atoms with Crippen molar-refractivity contribution in [2.45, 2.75) is 64.4 Å². The van der Waals surface area contributed by atoms with Crippen LogP contribution in [-0.4, -0.2) is 48.5 Å². The van der Waals surface area contributed by atoms with Crippen LogP contribution in [-0.2, 0) is 11.3 Å².